The molecule has 2 nitrogen and oxygen atoms in total. The summed E-state index contributed by atoms with van der Waals surface area (Å²) in [6.07, 6.45) is 0. The molecule has 14 rings (SSSR count). The first-order valence-corrected chi connectivity index (χ1v) is 22.6. The number of hydrogen-bond acceptors (Lipinski definition) is 1. The van der Waals surface area contributed by atoms with Crippen molar-refractivity contribution in [3.8, 4) is 39.1 Å². The highest BCUT2D eigenvalue weighted by molar-refractivity contribution is 6.25. The van der Waals surface area contributed by atoms with Gasteiger partial charge in [0, 0.05) is 33.1 Å². The third-order valence-corrected chi connectivity index (χ3v) is 14.3. The topological polar surface area (TPSA) is 8.17 Å². The van der Waals surface area contributed by atoms with Crippen LogP contribution in [-0.4, -0.2) is 4.57 Å². The van der Waals surface area contributed by atoms with Gasteiger partial charge in [-0.05, 0) is 109 Å². The maximum atomic E-state index is 2.56. The minimum Gasteiger partial charge on any atom is -0.309 e. The molecule has 0 saturated heterocycles. The molecule has 1 heterocycles. The molecule has 0 radical (unpaired) electrons. The molecule has 11 aromatic carbocycles. The quantitative estimate of drug-likeness (QED) is 0.168. The standard InChI is InChI=1S/C63H40N2/c1-3-18-41(19-4-1)44-35-37-52-58(39-44)65(47-36-34-42-20-7-8-21-43(42)38-47)62-48-25-10-9-22-45(48)40-59(61(52)62)64(46-23-5-2-6-24-46)57-33-17-32-56-60(57)51-28-13-16-31-55(51)63(56)53-29-14-11-26-49(53)50-27-12-15-30-54(50)63/h1-40H. The molecule has 0 aliphatic heterocycles. The van der Waals surface area contributed by atoms with Gasteiger partial charge in [0.1, 0.15) is 0 Å². The Morgan fingerprint density at radius 2 is 0.954 bits per heavy atom. The molecule has 0 atom stereocenters. The zero-order valence-electron chi connectivity index (χ0n) is 35.5. The van der Waals surface area contributed by atoms with Crippen LogP contribution in [0.1, 0.15) is 22.3 Å². The van der Waals surface area contributed by atoms with E-state index in [1.807, 2.05) is 0 Å². The van der Waals surface area contributed by atoms with Crippen molar-refractivity contribution in [3.05, 3.63) is 265 Å². The van der Waals surface area contributed by atoms with Crippen molar-refractivity contribution in [2.75, 3.05) is 4.90 Å². The number of fused-ring (bicyclic) bond motifs is 16. The Morgan fingerprint density at radius 1 is 0.354 bits per heavy atom. The van der Waals surface area contributed by atoms with Gasteiger partial charge >= 0.3 is 0 Å². The molecule has 302 valence electrons. The second kappa shape index (κ2) is 13.8. The first kappa shape index (κ1) is 36.1. The van der Waals surface area contributed by atoms with Crippen LogP contribution >= 0.6 is 0 Å². The molecule has 0 N–H and O–H groups in total. The van der Waals surface area contributed by atoms with Gasteiger partial charge in [-0.1, -0.05) is 200 Å². The van der Waals surface area contributed by atoms with Crippen LogP contribution in [0.3, 0.4) is 0 Å². The van der Waals surface area contributed by atoms with Crippen molar-refractivity contribution >= 4 is 60.4 Å². The van der Waals surface area contributed by atoms with Crippen LogP contribution in [0, 0.1) is 0 Å². The Labute approximate surface area is 377 Å². The van der Waals surface area contributed by atoms with Crippen molar-refractivity contribution in [2.45, 2.75) is 5.41 Å². The summed E-state index contributed by atoms with van der Waals surface area (Å²) in [7, 11) is 0. The van der Waals surface area contributed by atoms with Crippen LogP contribution in [0.4, 0.5) is 17.1 Å². The number of anilines is 3. The number of aromatic nitrogens is 1. The predicted molar refractivity (Wildman–Crippen MR) is 272 cm³/mol. The Balaban J connectivity index is 1.13. The summed E-state index contributed by atoms with van der Waals surface area (Å²) < 4.78 is 2.53. The highest BCUT2D eigenvalue weighted by Crippen LogP contribution is 2.65. The zero-order chi connectivity index (χ0) is 42.6. The fourth-order valence-electron chi connectivity index (χ4n) is 11.7. The van der Waals surface area contributed by atoms with Gasteiger partial charge < -0.3 is 9.47 Å². The van der Waals surface area contributed by atoms with Gasteiger partial charge in [-0.3, -0.25) is 0 Å². The van der Waals surface area contributed by atoms with E-state index in [4.69, 9.17) is 0 Å². The third kappa shape index (κ3) is 4.99. The molecular formula is C63H40N2. The molecule has 2 heteroatoms. The van der Waals surface area contributed by atoms with Gasteiger partial charge in [0.05, 0.1) is 27.8 Å². The highest BCUT2D eigenvalue weighted by Gasteiger charge is 2.52. The molecular weight excluding hydrogens is 785 g/mol. The monoisotopic (exact) mass is 824 g/mol. The molecule has 0 bridgehead atoms. The maximum Gasteiger partial charge on any atom is 0.0726 e. The summed E-state index contributed by atoms with van der Waals surface area (Å²) in [6, 6.07) is 90.2. The molecule has 1 spiro atoms. The predicted octanol–water partition coefficient (Wildman–Crippen LogP) is 16.6. The molecule has 12 aromatic rings. The third-order valence-electron chi connectivity index (χ3n) is 14.3. The van der Waals surface area contributed by atoms with Gasteiger partial charge in [-0.15, -0.1) is 0 Å². The first-order chi connectivity index (χ1) is 32.3. The minimum absolute atomic E-state index is 0.462. The number of nitrogens with zero attached hydrogens (tertiary/aromatic N) is 2. The van der Waals surface area contributed by atoms with Gasteiger partial charge in [0.25, 0.3) is 0 Å². The smallest absolute Gasteiger partial charge is 0.0726 e. The summed E-state index contributed by atoms with van der Waals surface area (Å²) in [4.78, 5) is 2.56. The molecule has 2 aliphatic rings. The van der Waals surface area contributed by atoms with E-state index < -0.39 is 5.41 Å². The van der Waals surface area contributed by atoms with Crippen LogP contribution in [0.25, 0.3) is 82.4 Å². The Bertz CT molecular complexity index is 3850. The van der Waals surface area contributed by atoms with E-state index in [1.165, 1.54) is 99.0 Å². The Hall–Kier alpha value is -8.46. The van der Waals surface area contributed by atoms with Crippen molar-refractivity contribution in [1.29, 1.82) is 0 Å². The normalized spacial score (nSPS) is 13.0. The van der Waals surface area contributed by atoms with E-state index in [-0.39, 0.29) is 0 Å². The van der Waals surface area contributed by atoms with Gasteiger partial charge in [-0.25, -0.2) is 0 Å². The van der Waals surface area contributed by atoms with Gasteiger partial charge in [-0.2, -0.15) is 0 Å². The van der Waals surface area contributed by atoms with E-state index >= 15 is 0 Å². The molecule has 65 heavy (non-hydrogen) atoms. The lowest BCUT2D eigenvalue weighted by Gasteiger charge is -2.32. The largest absolute Gasteiger partial charge is 0.309 e. The van der Waals surface area contributed by atoms with Crippen molar-refractivity contribution in [1.82, 2.24) is 4.57 Å². The second-order valence-electron chi connectivity index (χ2n) is 17.6. The van der Waals surface area contributed by atoms with E-state index in [9.17, 15) is 0 Å². The van der Waals surface area contributed by atoms with E-state index in [0.29, 0.717) is 0 Å². The van der Waals surface area contributed by atoms with Crippen LogP contribution in [0.5, 0.6) is 0 Å². The summed E-state index contributed by atoms with van der Waals surface area (Å²) in [5.74, 6) is 0. The Kier molecular flexibility index (Phi) is 7.64. The average Bonchev–Trinajstić information content (AvgIpc) is 3.99. The van der Waals surface area contributed by atoms with Crippen LogP contribution in [0.15, 0.2) is 243 Å². The number of para-hydroxylation sites is 1. The Morgan fingerprint density at radius 3 is 1.71 bits per heavy atom. The molecule has 0 amide bonds. The second-order valence-corrected chi connectivity index (χ2v) is 17.6. The van der Waals surface area contributed by atoms with Crippen molar-refractivity contribution in [2.24, 2.45) is 0 Å². The lowest BCUT2D eigenvalue weighted by atomic mass is 9.70. The lowest BCUT2D eigenvalue weighted by molar-refractivity contribution is 0.794. The molecule has 0 saturated carbocycles. The van der Waals surface area contributed by atoms with Crippen LogP contribution in [-0.2, 0) is 5.41 Å². The van der Waals surface area contributed by atoms with Crippen LogP contribution < -0.4 is 4.90 Å². The summed E-state index contributed by atoms with van der Waals surface area (Å²) >= 11 is 0. The van der Waals surface area contributed by atoms with Crippen molar-refractivity contribution in [3.63, 3.8) is 0 Å². The van der Waals surface area contributed by atoms with E-state index in [2.05, 4.69) is 252 Å². The number of hydrogen-bond donors (Lipinski definition) is 0. The fourth-order valence-corrected chi connectivity index (χ4v) is 11.7. The molecule has 1 aromatic heterocycles. The lowest BCUT2D eigenvalue weighted by Crippen LogP contribution is -2.26. The van der Waals surface area contributed by atoms with Crippen molar-refractivity contribution < 1.29 is 0 Å². The van der Waals surface area contributed by atoms with Crippen LogP contribution in [0.2, 0.25) is 0 Å². The molecule has 2 aliphatic carbocycles. The maximum absolute atomic E-state index is 2.56. The van der Waals surface area contributed by atoms with Gasteiger partial charge in [0.15, 0.2) is 0 Å². The van der Waals surface area contributed by atoms with E-state index in [0.717, 1.165) is 22.7 Å². The molecule has 0 unspecified atom stereocenters. The van der Waals surface area contributed by atoms with E-state index in [1.54, 1.807) is 0 Å². The first-order valence-electron chi connectivity index (χ1n) is 22.6. The SMILES string of the molecule is c1ccc(-c2ccc3c4c(N(c5ccccc5)c5cccc6c5-c5ccccc5C65c6ccccc6-c6ccccc65)cc5ccccc5c4n(-c4ccc5ccccc5c4)c3c2)cc1. The average molecular weight is 825 g/mol. The fraction of sp³-hybridized carbons (Fsp3) is 0.0159. The van der Waals surface area contributed by atoms with Gasteiger partial charge in [0.2, 0.25) is 0 Å². The summed E-state index contributed by atoms with van der Waals surface area (Å²) in [5.41, 5.74) is 19.3. The molecule has 0 fully saturated rings. The minimum atomic E-state index is -0.462. The number of rotatable bonds is 5. The summed E-state index contributed by atoms with van der Waals surface area (Å²) in [5, 5.41) is 7.27. The summed E-state index contributed by atoms with van der Waals surface area (Å²) in [6.45, 7) is 0. The number of benzene rings is 11. The zero-order valence-corrected chi connectivity index (χ0v) is 35.5. The highest BCUT2D eigenvalue weighted by atomic mass is 15.2.